The Hall–Kier alpha value is -4.32. The molecule has 3 aromatic rings. The van der Waals surface area contributed by atoms with Gasteiger partial charge >= 0.3 is 0 Å². The van der Waals surface area contributed by atoms with Gasteiger partial charge < -0.3 is 0 Å². The lowest BCUT2D eigenvalue weighted by Gasteiger charge is -2.47. The van der Waals surface area contributed by atoms with Crippen LogP contribution in [0.15, 0.2) is 78.9 Å². The zero-order valence-electron chi connectivity index (χ0n) is 26.0. The molecule has 11 heteroatoms. The molecule has 1 N–H and O–H groups in total. The molecule has 0 radical (unpaired) electrons. The Bertz CT molecular complexity index is 1640. The van der Waals surface area contributed by atoms with Crippen LogP contribution >= 0.6 is 0 Å². The van der Waals surface area contributed by atoms with Gasteiger partial charge in [0.1, 0.15) is 6.04 Å². The van der Waals surface area contributed by atoms with Crippen molar-refractivity contribution in [2.45, 2.75) is 49.9 Å². The highest BCUT2D eigenvalue weighted by Gasteiger charge is 2.49. The van der Waals surface area contributed by atoms with Crippen LogP contribution in [-0.4, -0.2) is 101 Å². The molecule has 0 aliphatic carbocycles. The first kappa shape index (κ1) is 31.3. The van der Waals surface area contributed by atoms with Gasteiger partial charge in [0.2, 0.25) is 11.8 Å². The van der Waals surface area contributed by atoms with Crippen molar-refractivity contribution in [3.63, 3.8) is 0 Å². The summed E-state index contributed by atoms with van der Waals surface area (Å²) in [5.74, 6) is -5.34. The number of hydrogen-bond donors (Lipinski definition) is 1. The van der Waals surface area contributed by atoms with Crippen LogP contribution in [0.4, 0.5) is 8.78 Å². The second-order valence-electron chi connectivity index (χ2n) is 12.9. The van der Waals surface area contributed by atoms with Crippen molar-refractivity contribution in [2.24, 2.45) is 0 Å². The Labute approximate surface area is 272 Å². The molecular formula is C36H37F2N5O4. The van der Waals surface area contributed by atoms with Crippen molar-refractivity contribution in [1.82, 2.24) is 24.9 Å². The predicted molar refractivity (Wildman–Crippen MR) is 170 cm³/mol. The van der Waals surface area contributed by atoms with E-state index in [1.54, 1.807) is 17.0 Å². The Morgan fingerprint density at radius 3 is 2.04 bits per heavy atom. The third-order valence-electron chi connectivity index (χ3n) is 9.97. The zero-order valence-corrected chi connectivity index (χ0v) is 26.0. The standard InChI is InChI=1S/C36H37F2N5O4/c37-36(38)23-40(22-26-12-7-13-27-31(26)35(47)43(34(27)46)28-14-15-30(44)39-33(28)45)17-16-29(36)41-18-20-42(21-19-41)32(24-8-3-1-4-9-24)25-10-5-2-6-11-25/h1-13,28-29,32H,14-23H2,(H,39,44,45). The summed E-state index contributed by atoms with van der Waals surface area (Å²) in [5.41, 5.74) is 3.14. The number of halogens is 2. The zero-order chi connectivity index (χ0) is 32.7. The van der Waals surface area contributed by atoms with Gasteiger partial charge in [0.15, 0.2) is 0 Å². The number of hydrogen-bond acceptors (Lipinski definition) is 7. The van der Waals surface area contributed by atoms with Gasteiger partial charge in [0.25, 0.3) is 17.7 Å². The van der Waals surface area contributed by atoms with E-state index < -0.39 is 48.2 Å². The number of amides is 4. The third kappa shape index (κ3) is 5.99. The molecule has 0 spiro atoms. The number of fused-ring (bicyclic) bond motifs is 1. The van der Waals surface area contributed by atoms with E-state index in [2.05, 4.69) is 34.5 Å². The van der Waals surface area contributed by atoms with Gasteiger partial charge in [-0.2, -0.15) is 0 Å². The van der Waals surface area contributed by atoms with E-state index in [9.17, 15) is 19.2 Å². The lowest BCUT2D eigenvalue weighted by atomic mass is 9.94. The molecule has 244 valence electrons. The van der Waals surface area contributed by atoms with Gasteiger partial charge in [-0.15, -0.1) is 0 Å². The fourth-order valence-corrected chi connectivity index (χ4v) is 7.73. The van der Waals surface area contributed by atoms with Crippen LogP contribution in [0.3, 0.4) is 0 Å². The quantitative estimate of drug-likeness (QED) is 0.394. The number of nitrogens with zero attached hydrogens (tertiary/aromatic N) is 4. The lowest BCUT2D eigenvalue weighted by molar-refractivity contribution is -0.136. The van der Waals surface area contributed by atoms with Crippen LogP contribution in [0.5, 0.6) is 0 Å². The van der Waals surface area contributed by atoms with Gasteiger partial charge in [-0.3, -0.25) is 44.1 Å². The summed E-state index contributed by atoms with van der Waals surface area (Å²) in [4.78, 5) is 57.7. The summed E-state index contributed by atoms with van der Waals surface area (Å²) in [5, 5.41) is 2.20. The van der Waals surface area contributed by atoms with Crippen molar-refractivity contribution in [1.29, 1.82) is 0 Å². The number of piperidine rings is 2. The normalized spacial score (nSPS) is 24.1. The molecule has 4 aliphatic heterocycles. The number of imide groups is 2. The van der Waals surface area contributed by atoms with E-state index >= 15 is 8.78 Å². The molecule has 9 nitrogen and oxygen atoms in total. The molecule has 3 fully saturated rings. The van der Waals surface area contributed by atoms with Crippen LogP contribution in [-0.2, 0) is 16.1 Å². The predicted octanol–water partition coefficient (Wildman–Crippen LogP) is 3.70. The number of likely N-dealkylation sites (tertiary alicyclic amines) is 1. The van der Waals surface area contributed by atoms with Gasteiger partial charge in [0, 0.05) is 45.7 Å². The Kier molecular flexibility index (Phi) is 8.46. The first-order valence-corrected chi connectivity index (χ1v) is 16.2. The Balaban J connectivity index is 1.01. The minimum absolute atomic E-state index is 0.0242. The van der Waals surface area contributed by atoms with Gasteiger partial charge in [-0.25, -0.2) is 8.78 Å². The summed E-state index contributed by atoms with van der Waals surface area (Å²) < 4.78 is 31.8. The molecule has 2 unspecified atom stereocenters. The number of alkyl halides is 2. The number of carbonyl (C=O) groups is 4. The minimum Gasteiger partial charge on any atom is -0.295 e. The summed E-state index contributed by atoms with van der Waals surface area (Å²) in [6.45, 7) is 2.44. The molecule has 7 rings (SSSR count). The van der Waals surface area contributed by atoms with Crippen LogP contribution in [0, 0.1) is 0 Å². The molecule has 4 aliphatic rings. The Morgan fingerprint density at radius 1 is 0.766 bits per heavy atom. The summed E-state index contributed by atoms with van der Waals surface area (Å²) >= 11 is 0. The molecule has 0 aromatic heterocycles. The molecule has 4 heterocycles. The topological polar surface area (TPSA) is 93.3 Å². The van der Waals surface area contributed by atoms with E-state index in [1.165, 1.54) is 17.2 Å². The highest BCUT2D eigenvalue weighted by Crippen LogP contribution is 2.36. The fraction of sp³-hybridized carbons (Fsp3) is 0.389. The van der Waals surface area contributed by atoms with E-state index in [-0.39, 0.29) is 43.0 Å². The molecule has 4 amide bonds. The number of carbonyl (C=O) groups excluding carboxylic acids is 4. The summed E-state index contributed by atoms with van der Waals surface area (Å²) in [6.07, 6.45) is 0.354. The highest BCUT2D eigenvalue weighted by molar-refractivity contribution is 6.24. The SMILES string of the molecule is O=C1CCC(N2C(=O)c3cccc(CN4CCC(N5CCN(C(c6ccccc6)c6ccccc6)CC5)C(F)(F)C4)c3C2=O)C(=O)N1. The first-order valence-electron chi connectivity index (χ1n) is 16.2. The largest absolute Gasteiger partial charge is 0.295 e. The van der Waals surface area contributed by atoms with Gasteiger partial charge in [-0.1, -0.05) is 72.8 Å². The molecule has 3 aromatic carbocycles. The average Bonchev–Trinajstić information content (AvgIpc) is 3.32. The van der Waals surface area contributed by atoms with Crippen LogP contribution < -0.4 is 5.32 Å². The van der Waals surface area contributed by atoms with E-state index in [0.717, 1.165) is 4.90 Å². The number of rotatable bonds is 7. The lowest BCUT2D eigenvalue weighted by Crippen LogP contribution is -2.61. The molecule has 0 saturated carbocycles. The van der Waals surface area contributed by atoms with E-state index in [0.29, 0.717) is 38.3 Å². The summed E-state index contributed by atoms with van der Waals surface area (Å²) in [7, 11) is 0. The van der Waals surface area contributed by atoms with Gasteiger partial charge in [0.05, 0.1) is 29.8 Å². The van der Waals surface area contributed by atoms with Crippen LogP contribution in [0.1, 0.15) is 62.7 Å². The maximum Gasteiger partial charge on any atom is 0.275 e. The number of nitrogens with one attached hydrogen (secondary N) is 1. The van der Waals surface area contributed by atoms with Crippen molar-refractivity contribution in [2.75, 3.05) is 39.3 Å². The maximum atomic E-state index is 15.9. The van der Waals surface area contributed by atoms with Gasteiger partial charge in [-0.05, 0) is 35.6 Å². The molecule has 2 atom stereocenters. The Morgan fingerprint density at radius 2 is 1.43 bits per heavy atom. The molecular weight excluding hydrogens is 604 g/mol. The monoisotopic (exact) mass is 641 g/mol. The number of benzene rings is 3. The van der Waals surface area contributed by atoms with Crippen molar-refractivity contribution >= 4 is 23.6 Å². The van der Waals surface area contributed by atoms with E-state index in [1.807, 2.05) is 41.3 Å². The second-order valence-corrected chi connectivity index (χ2v) is 12.9. The second kappa shape index (κ2) is 12.7. The van der Waals surface area contributed by atoms with E-state index in [4.69, 9.17) is 0 Å². The number of piperazine rings is 1. The smallest absolute Gasteiger partial charge is 0.275 e. The first-order chi connectivity index (χ1) is 22.7. The average molecular weight is 642 g/mol. The molecule has 3 saturated heterocycles. The fourth-order valence-electron chi connectivity index (χ4n) is 7.73. The maximum absolute atomic E-state index is 15.9. The van der Waals surface area contributed by atoms with Crippen molar-refractivity contribution < 1.29 is 28.0 Å². The third-order valence-corrected chi connectivity index (χ3v) is 9.97. The van der Waals surface area contributed by atoms with Crippen molar-refractivity contribution in [3.8, 4) is 0 Å². The van der Waals surface area contributed by atoms with Crippen molar-refractivity contribution in [3.05, 3.63) is 107 Å². The van der Waals surface area contributed by atoms with Crippen LogP contribution in [0.25, 0.3) is 0 Å². The highest BCUT2D eigenvalue weighted by atomic mass is 19.3. The minimum atomic E-state index is -2.98. The molecule has 0 bridgehead atoms. The molecule has 47 heavy (non-hydrogen) atoms. The summed E-state index contributed by atoms with van der Waals surface area (Å²) in [6, 6.07) is 23.5. The van der Waals surface area contributed by atoms with Crippen LogP contribution in [0.2, 0.25) is 0 Å².